The number of fused-ring (bicyclic) bond motifs is 3. The molecule has 0 radical (unpaired) electrons. The maximum Gasteiger partial charge on any atom is 0.247 e. The summed E-state index contributed by atoms with van der Waals surface area (Å²) in [5, 5.41) is 13.0. The fourth-order valence-electron chi connectivity index (χ4n) is 3.64. The summed E-state index contributed by atoms with van der Waals surface area (Å²) in [4.78, 5) is 6.82. The molecule has 6 nitrogen and oxygen atoms in total. The second-order valence-electron chi connectivity index (χ2n) is 8.20. The number of nitrogens with one attached hydrogen (secondary N) is 1. The van der Waals surface area contributed by atoms with E-state index < -0.39 is 6.23 Å². The summed E-state index contributed by atoms with van der Waals surface area (Å²) in [6.07, 6.45) is -0.393. The van der Waals surface area contributed by atoms with Crippen molar-refractivity contribution in [1.29, 1.82) is 0 Å². The molecule has 2 heterocycles. The van der Waals surface area contributed by atoms with Crippen LogP contribution in [0, 0.1) is 6.92 Å². The zero-order valence-corrected chi connectivity index (χ0v) is 19.6. The van der Waals surface area contributed by atoms with Gasteiger partial charge in [-0.3, -0.25) is 0 Å². The Labute approximate surface area is 198 Å². The summed E-state index contributed by atoms with van der Waals surface area (Å²) in [6, 6.07) is 24.8. The SMILES string of the molecule is Cc1ccc(CSc2nnc3c(n2)OC(c2ccc(N(C)C)cc2)Nc2ccccc2-3)cc1. The summed E-state index contributed by atoms with van der Waals surface area (Å²) in [5.74, 6) is 1.25. The number of ether oxygens (including phenoxy) is 1. The number of benzene rings is 3. The van der Waals surface area contributed by atoms with Gasteiger partial charge >= 0.3 is 0 Å². The molecule has 1 aromatic heterocycles. The van der Waals surface area contributed by atoms with E-state index in [0.29, 0.717) is 16.7 Å². The summed E-state index contributed by atoms with van der Waals surface area (Å²) >= 11 is 1.55. The lowest BCUT2D eigenvalue weighted by Crippen LogP contribution is -2.17. The molecule has 1 unspecified atom stereocenters. The molecule has 0 aliphatic carbocycles. The van der Waals surface area contributed by atoms with Crippen LogP contribution in [0.2, 0.25) is 0 Å². The van der Waals surface area contributed by atoms with Crippen molar-refractivity contribution >= 4 is 23.1 Å². The molecular weight excluding hydrogens is 430 g/mol. The molecule has 0 saturated heterocycles. The first-order chi connectivity index (χ1) is 16.1. The molecule has 1 aliphatic rings. The second-order valence-corrected chi connectivity index (χ2v) is 9.14. The minimum Gasteiger partial charge on any atom is -0.448 e. The van der Waals surface area contributed by atoms with E-state index >= 15 is 0 Å². The molecule has 7 heteroatoms. The lowest BCUT2D eigenvalue weighted by atomic mass is 10.1. The Morgan fingerprint density at radius 1 is 0.939 bits per heavy atom. The number of hydrogen-bond donors (Lipinski definition) is 1. The van der Waals surface area contributed by atoms with Gasteiger partial charge in [-0.25, -0.2) is 0 Å². The van der Waals surface area contributed by atoms with Crippen molar-refractivity contribution in [3.8, 4) is 17.1 Å². The molecule has 3 aromatic carbocycles. The van der Waals surface area contributed by atoms with Gasteiger partial charge in [-0.2, -0.15) is 4.98 Å². The minimum absolute atomic E-state index is 0.393. The Morgan fingerprint density at radius 3 is 2.45 bits per heavy atom. The van der Waals surface area contributed by atoms with Crippen LogP contribution in [0.15, 0.2) is 78.0 Å². The predicted octanol–water partition coefficient (Wildman–Crippen LogP) is 5.71. The predicted molar refractivity (Wildman–Crippen MR) is 134 cm³/mol. The molecule has 0 spiro atoms. The molecule has 166 valence electrons. The van der Waals surface area contributed by atoms with Crippen molar-refractivity contribution in [3.05, 3.63) is 89.5 Å². The molecular formula is C26H25N5OS. The fourth-order valence-corrected chi connectivity index (χ4v) is 4.37. The minimum atomic E-state index is -0.393. The van der Waals surface area contributed by atoms with Crippen molar-refractivity contribution in [1.82, 2.24) is 15.2 Å². The van der Waals surface area contributed by atoms with Crippen LogP contribution in [0.1, 0.15) is 22.9 Å². The van der Waals surface area contributed by atoms with Crippen LogP contribution in [0.3, 0.4) is 0 Å². The van der Waals surface area contributed by atoms with Gasteiger partial charge in [0.05, 0.1) is 0 Å². The molecule has 5 rings (SSSR count). The lowest BCUT2D eigenvalue weighted by molar-refractivity contribution is 0.225. The Kier molecular flexibility index (Phi) is 5.88. The monoisotopic (exact) mass is 455 g/mol. The first-order valence-corrected chi connectivity index (χ1v) is 11.8. The quantitative estimate of drug-likeness (QED) is 0.387. The average molecular weight is 456 g/mol. The van der Waals surface area contributed by atoms with Crippen molar-refractivity contribution in [2.45, 2.75) is 24.1 Å². The van der Waals surface area contributed by atoms with Gasteiger partial charge in [0.1, 0.15) is 0 Å². The van der Waals surface area contributed by atoms with Crippen LogP contribution in [-0.2, 0) is 5.75 Å². The van der Waals surface area contributed by atoms with Crippen LogP contribution in [0.4, 0.5) is 11.4 Å². The third kappa shape index (κ3) is 4.64. The van der Waals surface area contributed by atoms with E-state index in [1.165, 1.54) is 11.1 Å². The largest absolute Gasteiger partial charge is 0.448 e. The molecule has 1 aliphatic heterocycles. The number of anilines is 2. The van der Waals surface area contributed by atoms with Crippen molar-refractivity contribution in [2.24, 2.45) is 0 Å². The number of aromatic nitrogens is 3. The van der Waals surface area contributed by atoms with Crippen molar-refractivity contribution < 1.29 is 4.74 Å². The second kappa shape index (κ2) is 9.11. The first-order valence-electron chi connectivity index (χ1n) is 10.8. The summed E-state index contributed by atoms with van der Waals surface area (Å²) in [6.45, 7) is 2.09. The van der Waals surface area contributed by atoms with Crippen LogP contribution in [0.25, 0.3) is 11.3 Å². The number of thioether (sulfide) groups is 1. The highest BCUT2D eigenvalue weighted by atomic mass is 32.2. The van der Waals surface area contributed by atoms with Crippen LogP contribution in [0.5, 0.6) is 5.88 Å². The molecule has 1 N–H and O–H groups in total. The van der Waals surface area contributed by atoms with E-state index in [9.17, 15) is 0 Å². The number of aryl methyl sites for hydroxylation is 1. The van der Waals surface area contributed by atoms with Gasteiger partial charge in [0, 0.05) is 42.3 Å². The molecule has 0 fully saturated rings. The maximum atomic E-state index is 6.38. The van der Waals surface area contributed by atoms with Gasteiger partial charge in [-0.05, 0) is 30.7 Å². The van der Waals surface area contributed by atoms with Crippen LogP contribution >= 0.6 is 11.8 Å². The average Bonchev–Trinajstić information content (AvgIpc) is 3.00. The molecule has 33 heavy (non-hydrogen) atoms. The molecule has 4 aromatic rings. The Bertz CT molecular complexity index is 1260. The van der Waals surface area contributed by atoms with E-state index in [2.05, 4.69) is 75.9 Å². The number of rotatable bonds is 5. The summed E-state index contributed by atoms with van der Waals surface area (Å²) in [5.41, 5.74) is 7.11. The number of nitrogens with zero attached hydrogens (tertiary/aromatic N) is 4. The highest BCUT2D eigenvalue weighted by Gasteiger charge is 2.26. The highest BCUT2D eigenvalue weighted by Crippen LogP contribution is 2.39. The summed E-state index contributed by atoms with van der Waals surface area (Å²) in [7, 11) is 4.06. The van der Waals surface area contributed by atoms with Crippen LogP contribution in [-0.4, -0.2) is 29.3 Å². The number of hydrogen-bond acceptors (Lipinski definition) is 7. The molecule has 1 atom stereocenters. The van der Waals surface area contributed by atoms with E-state index in [-0.39, 0.29) is 0 Å². The van der Waals surface area contributed by atoms with E-state index in [1.807, 2.05) is 38.4 Å². The molecule has 0 saturated carbocycles. The molecule has 0 amide bonds. The van der Waals surface area contributed by atoms with E-state index in [0.717, 1.165) is 28.3 Å². The zero-order chi connectivity index (χ0) is 22.8. The Hall–Kier alpha value is -3.58. The van der Waals surface area contributed by atoms with Gasteiger partial charge in [-0.1, -0.05) is 71.9 Å². The normalized spacial score (nSPS) is 14.3. The third-order valence-corrected chi connectivity index (χ3v) is 6.44. The van der Waals surface area contributed by atoms with Crippen molar-refractivity contribution in [3.63, 3.8) is 0 Å². The highest BCUT2D eigenvalue weighted by molar-refractivity contribution is 7.98. The fraction of sp³-hybridized carbons (Fsp3) is 0.192. The van der Waals surface area contributed by atoms with E-state index in [1.54, 1.807) is 11.8 Å². The van der Waals surface area contributed by atoms with Gasteiger partial charge in [0.15, 0.2) is 11.9 Å². The first kappa shape index (κ1) is 21.3. The standard InChI is InChI=1S/C26H25N5OS/c1-17-8-10-18(11-9-17)16-33-26-28-25-23(29-30-26)21-6-4-5-7-22(21)27-24(32-25)19-12-14-20(15-13-19)31(2)3/h4-15,24,27H,16H2,1-3H3. The molecule has 0 bridgehead atoms. The van der Waals surface area contributed by atoms with Gasteiger partial charge in [-0.15, -0.1) is 10.2 Å². The van der Waals surface area contributed by atoms with Crippen molar-refractivity contribution in [2.75, 3.05) is 24.3 Å². The smallest absolute Gasteiger partial charge is 0.247 e. The van der Waals surface area contributed by atoms with Gasteiger partial charge < -0.3 is 15.0 Å². The maximum absolute atomic E-state index is 6.38. The van der Waals surface area contributed by atoms with Crippen LogP contribution < -0.4 is 15.0 Å². The lowest BCUT2D eigenvalue weighted by Gasteiger charge is -2.20. The van der Waals surface area contributed by atoms with Gasteiger partial charge in [0.2, 0.25) is 11.0 Å². The third-order valence-electron chi connectivity index (χ3n) is 5.53. The van der Waals surface area contributed by atoms with Gasteiger partial charge in [0.25, 0.3) is 0 Å². The Balaban J connectivity index is 1.46. The van der Waals surface area contributed by atoms with E-state index in [4.69, 9.17) is 9.72 Å². The topological polar surface area (TPSA) is 63.2 Å². The zero-order valence-electron chi connectivity index (χ0n) is 18.8. The Morgan fingerprint density at radius 2 is 1.70 bits per heavy atom. The number of para-hydroxylation sites is 1. The summed E-state index contributed by atoms with van der Waals surface area (Å²) < 4.78 is 6.38.